The molecule has 2 N–H and O–H groups in total. The van der Waals surface area contributed by atoms with Crippen LogP contribution in [-0.4, -0.2) is 41.6 Å². The van der Waals surface area contributed by atoms with Crippen LogP contribution in [0.2, 0.25) is 5.02 Å². The van der Waals surface area contributed by atoms with Gasteiger partial charge in [0.25, 0.3) is 5.91 Å². The number of pyridine rings is 1. The van der Waals surface area contributed by atoms with E-state index in [2.05, 4.69) is 20.6 Å². The molecule has 0 radical (unpaired) electrons. The van der Waals surface area contributed by atoms with Gasteiger partial charge in [0.1, 0.15) is 5.82 Å². The van der Waals surface area contributed by atoms with Crippen LogP contribution in [0.4, 0.5) is 17.2 Å². The molecule has 2 aromatic rings. The van der Waals surface area contributed by atoms with Crippen LogP contribution in [0.3, 0.4) is 0 Å². The molecule has 0 spiro atoms. The number of fused-ring (bicyclic) bond motifs is 1. The Kier molecular flexibility index (Phi) is 4.58. The standard InChI is InChI=1S/C20H20ClN5O/c1-12-15(6-8-22-12)25-18-10-17(14(21)11-23-18)24-16-5-3-4-13-7-9-26(2)20(27)19(13)16/h3-6,10-11H,7-9H2,1-2H3,(H2,23,24,25). The van der Waals surface area contributed by atoms with Gasteiger partial charge < -0.3 is 15.5 Å². The fourth-order valence-corrected chi connectivity index (χ4v) is 3.43. The third-order valence-corrected chi connectivity index (χ3v) is 5.13. The normalized spacial score (nSPS) is 16.0. The molecule has 1 aromatic carbocycles. The SMILES string of the molecule is CC1=NCC=C1Nc1cc(Nc2cccc3c2C(=O)N(C)CC3)c(Cl)cn1. The highest BCUT2D eigenvalue weighted by Crippen LogP contribution is 2.32. The average molecular weight is 382 g/mol. The number of allylic oxidation sites excluding steroid dienone is 1. The van der Waals surface area contributed by atoms with Crippen LogP contribution >= 0.6 is 11.6 Å². The highest BCUT2D eigenvalue weighted by atomic mass is 35.5. The van der Waals surface area contributed by atoms with Crippen molar-refractivity contribution < 1.29 is 4.79 Å². The van der Waals surface area contributed by atoms with E-state index < -0.39 is 0 Å². The lowest BCUT2D eigenvalue weighted by molar-refractivity contribution is 0.0782. The summed E-state index contributed by atoms with van der Waals surface area (Å²) >= 11 is 6.35. The molecule has 0 fully saturated rings. The lowest BCUT2D eigenvalue weighted by atomic mass is 9.97. The number of hydrogen-bond donors (Lipinski definition) is 2. The number of rotatable bonds is 4. The van der Waals surface area contributed by atoms with Crippen molar-refractivity contribution in [2.75, 3.05) is 30.8 Å². The van der Waals surface area contributed by atoms with Gasteiger partial charge >= 0.3 is 0 Å². The predicted molar refractivity (Wildman–Crippen MR) is 109 cm³/mol. The molecule has 4 rings (SSSR count). The molecular weight excluding hydrogens is 362 g/mol. The van der Waals surface area contributed by atoms with E-state index in [1.165, 1.54) is 0 Å². The number of benzene rings is 1. The molecule has 2 aliphatic heterocycles. The minimum atomic E-state index is 0.0193. The summed E-state index contributed by atoms with van der Waals surface area (Å²) in [7, 11) is 1.82. The summed E-state index contributed by atoms with van der Waals surface area (Å²) in [4.78, 5) is 23.1. The molecule has 27 heavy (non-hydrogen) atoms. The van der Waals surface area contributed by atoms with Crippen LogP contribution in [0.5, 0.6) is 0 Å². The first-order chi connectivity index (χ1) is 13.0. The van der Waals surface area contributed by atoms with E-state index >= 15 is 0 Å². The second-order valence-electron chi connectivity index (χ2n) is 6.66. The third-order valence-electron chi connectivity index (χ3n) is 4.83. The Hall–Kier alpha value is -2.86. The monoisotopic (exact) mass is 381 g/mol. The van der Waals surface area contributed by atoms with Gasteiger partial charge in [-0.3, -0.25) is 9.79 Å². The number of nitrogens with zero attached hydrogens (tertiary/aromatic N) is 3. The van der Waals surface area contributed by atoms with E-state index in [-0.39, 0.29) is 5.91 Å². The number of aromatic nitrogens is 1. The number of amides is 1. The summed E-state index contributed by atoms with van der Waals surface area (Å²) in [6.07, 6.45) is 4.45. The minimum absolute atomic E-state index is 0.0193. The van der Waals surface area contributed by atoms with Gasteiger partial charge in [0.05, 0.1) is 46.1 Å². The fraction of sp³-hybridized carbons (Fsp3) is 0.250. The summed E-state index contributed by atoms with van der Waals surface area (Å²) in [6, 6.07) is 7.69. The molecule has 0 atom stereocenters. The molecule has 7 heteroatoms. The first-order valence-electron chi connectivity index (χ1n) is 8.81. The first-order valence-corrected chi connectivity index (χ1v) is 9.19. The number of hydrogen-bond acceptors (Lipinski definition) is 5. The van der Waals surface area contributed by atoms with Gasteiger partial charge in [-0.15, -0.1) is 0 Å². The lowest BCUT2D eigenvalue weighted by Gasteiger charge is -2.27. The van der Waals surface area contributed by atoms with Crippen LogP contribution in [-0.2, 0) is 6.42 Å². The number of carbonyl (C=O) groups excluding carboxylic acids is 1. The van der Waals surface area contributed by atoms with Gasteiger partial charge in [-0.2, -0.15) is 0 Å². The molecule has 0 saturated heterocycles. The van der Waals surface area contributed by atoms with E-state index in [1.807, 2.05) is 44.3 Å². The molecule has 1 aromatic heterocycles. The van der Waals surface area contributed by atoms with Crippen molar-refractivity contribution in [1.82, 2.24) is 9.88 Å². The Bertz CT molecular complexity index is 982. The Morgan fingerprint density at radius 1 is 1.22 bits per heavy atom. The van der Waals surface area contributed by atoms with Crippen LogP contribution in [0.15, 0.2) is 47.2 Å². The number of aliphatic imine (C=N–C) groups is 1. The zero-order valence-corrected chi connectivity index (χ0v) is 16.0. The maximum absolute atomic E-state index is 12.7. The van der Waals surface area contributed by atoms with Gasteiger partial charge in [0.2, 0.25) is 0 Å². The molecule has 1 amide bonds. The molecule has 3 heterocycles. The van der Waals surface area contributed by atoms with E-state index in [9.17, 15) is 4.79 Å². The van der Waals surface area contributed by atoms with Crippen LogP contribution in [0, 0.1) is 0 Å². The van der Waals surface area contributed by atoms with Crippen molar-refractivity contribution in [2.24, 2.45) is 4.99 Å². The Morgan fingerprint density at radius 3 is 2.85 bits per heavy atom. The molecule has 6 nitrogen and oxygen atoms in total. The van der Waals surface area contributed by atoms with Crippen molar-refractivity contribution in [1.29, 1.82) is 0 Å². The second kappa shape index (κ2) is 7.04. The van der Waals surface area contributed by atoms with Crippen molar-refractivity contribution in [3.05, 3.63) is 58.4 Å². The molecule has 0 saturated carbocycles. The maximum Gasteiger partial charge on any atom is 0.255 e. The number of nitrogens with one attached hydrogen (secondary N) is 2. The zero-order chi connectivity index (χ0) is 19.0. The fourth-order valence-electron chi connectivity index (χ4n) is 3.28. The Morgan fingerprint density at radius 2 is 2.07 bits per heavy atom. The maximum atomic E-state index is 12.7. The first kappa shape index (κ1) is 17.5. The Balaban J connectivity index is 1.65. The predicted octanol–water partition coefficient (Wildman–Crippen LogP) is 3.88. The van der Waals surface area contributed by atoms with Crippen LogP contribution in [0.1, 0.15) is 22.8 Å². The van der Waals surface area contributed by atoms with Crippen molar-refractivity contribution in [3.8, 4) is 0 Å². The van der Waals surface area contributed by atoms with Gasteiger partial charge in [-0.05, 0) is 31.1 Å². The van der Waals surface area contributed by atoms with Crippen molar-refractivity contribution >= 4 is 40.4 Å². The van der Waals surface area contributed by atoms with Gasteiger partial charge in [0, 0.05) is 19.7 Å². The lowest BCUT2D eigenvalue weighted by Crippen LogP contribution is -2.34. The second-order valence-corrected chi connectivity index (χ2v) is 7.07. The molecule has 138 valence electrons. The van der Waals surface area contributed by atoms with Gasteiger partial charge in [-0.25, -0.2) is 4.98 Å². The molecule has 0 bridgehead atoms. The summed E-state index contributed by atoms with van der Waals surface area (Å²) in [6.45, 7) is 3.37. The number of likely N-dealkylation sites (N-methyl/N-ethyl adjacent to an activating group) is 1. The summed E-state index contributed by atoms with van der Waals surface area (Å²) in [5, 5.41) is 7.07. The summed E-state index contributed by atoms with van der Waals surface area (Å²) < 4.78 is 0. The van der Waals surface area contributed by atoms with Gasteiger partial charge in [0.15, 0.2) is 0 Å². The molecule has 0 unspecified atom stereocenters. The third kappa shape index (κ3) is 3.40. The van der Waals surface area contributed by atoms with E-state index in [0.717, 1.165) is 35.6 Å². The van der Waals surface area contributed by atoms with E-state index in [1.54, 1.807) is 11.1 Å². The topological polar surface area (TPSA) is 69.6 Å². The van der Waals surface area contributed by atoms with Crippen LogP contribution in [0.25, 0.3) is 0 Å². The van der Waals surface area contributed by atoms with Gasteiger partial charge in [-0.1, -0.05) is 23.7 Å². The molecule has 0 aliphatic carbocycles. The zero-order valence-electron chi connectivity index (χ0n) is 15.2. The van der Waals surface area contributed by atoms with Crippen molar-refractivity contribution in [2.45, 2.75) is 13.3 Å². The number of halogens is 1. The number of anilines is 3. The Labute approximate surface area is 163 Å². The summed E-state index contributed by atoms with van der Waals surface area (Å²) in [5.41, 5.74) is 5.10. The van der Waals surface area contributed by atoms with Crippen LogP contribution < -0.4 is 10.6 Å². The van der Waals surface area contributed by atoms with E-state index in [0.29, 0.717) is 28.6 Å². The van der Waals surface area contributed by atoms with E-state index in [4.69, 9.17) is 11.6 Å². The average Bonchev–Trinajstić information content (AvgIpc) is 3.06. The van der Waals surface area contributed by atoms with Crippen molar-refractivity contribution in [3.63, 3.8) is 0 Å². The number of carbonyl (C=O) groups is 1. The quantitative estimate of drug-likeness (QED) is 0.843. The largest absolute Gasteiger partial charge is 0.353 e. The summed E-state index contributed by atoms with van der Waals surface area (Å²) in [5.74, 6) is 0.684. The smallest absolute Gasteiger partial charge is 0.255 e. The molecular formula is C20H20ClN5O. The minimum Gasteiger partial charge on any atom is -0.353 e. The highest BCUT2D eigenvalue weighted by Gasteiger charge is 2.24. The molecule has 2 aliphatic rings. The highest BCUT2D eigenvalue weighted by molar-refractivity contribution is 6.33.